The molecule has 2 saturated heterocycles. The highest BCUT2D eigenvalue weighted by molar-refractivity contribution is 6.34. The Kier molecular flexibility index (Phi) is 5.12. The van der Waals surface area contributed by atoms with Gasteiger partial charge in [-0.05, 0) is 25.8 Å². The molecule has 9 heteroatoms. The molecule has 2 atom stereocenters. The highest BCUT2D eigenvalue weighted by Crippen LogP contribution is 2.34. The number of fused-ring (bicyclic) bond motifs is 1. The van der Waals surface area contributed by atoms with Gasteiger partial charge in [-0.25, -0.2) is 4.52 Å². The van der Waals surface area contributed by atoms with Crippen LogP contribution in [0.4, 0.5) is 0 Å². The second-order valence-corrected chi connectivity index (χ2v) is 8.43. The Balaban J connectivity index is 1.46. The van der Waals surface area contributed by atoms with Crippen LogP contribution in [-0.4, -0.2) is 51.2 Å². The van der Waals surface area contributed by atoms with Crippen LogP contribution in [0.1, 0.15) is 32.2 Å². The normalized spacial score (nSPS) is 21.1. The maximum atomic E-state index is 11.6. The van der Waals surface area contributed by atoms with Crippen molar-refractivity contribution in [3.63, 3.8) is 0 Å². The van der Waals surface area contributed by atoms with E-state index in [4.69, 9.17) is 21.1 Å². The quantitative estimate of drug-likeness (QED) is 0.673. The summed E-state index contributed by atoms with van der Waals surface area (Å²) in [4.78, 5) is 11.6. The summed E-state index contributed by atoms with van der Waals surface area (Å²) in [6, 6.07) is 2.34. The van der Waals surface area contributed by atoms with Crippen LogP contribution in [-0.2, 0) is 9.53 Å². The molecule has 1 N–H and O–H groups in total. The van der Waals surface area contributed by atoms with Gasteiger partial charge in [0.15, 0.2) is 0 Å². The maximum Gasteiger partial charge on any atom is 0.220 e. The molecule has 0 radical (unpaired) electrons. The molecular formula is C21H24ClN5O3. The van der Waals surface area contributed by atoms with E-state index in [0.717, 1.165) is 42.7 Å². The number of halogens is 1. The topological polar surface area (TPSA) is 82.7 Å². The van der Waals surface area contributed by atoms with E-state index < -0.39 is 0 Å². The first-order valence-corrected chi connectivity index (χ1v) is 10.7. The van der Waals surface area contributed by atoms with Crippen LogP contribution in [0.2, 0.25) is 5.02 Å². The number of carbonyl (C=O) groups is 1. The standard InChI is InChI=1S/C21H24ClN5O3/c1-13(14-7-20(28)23-8-14)30-19-6-15(11-27-21(19)18(22)10-25-27)16-9-24-26(12-16)17-2-4-29-5-3-17/h6,9-14,17H,2-5,7-8H2,1H3,(H,23,28)/t13-,14?/m1/s1. The summed E-state index contributed by atoms with van der Waals surface area (Å²) >= 11 is 6.39. The van der Waals surface area contributed by atoms with Crippen molar-refractivity contribution in [3.05, 3.63) is 35.9 Å². The average Bonchev–Trinajstić information content (AvgIpc) is 3.49. The van der Waals surface area contributed by atoms with Gasteiger partial charge in [0.1, 0.15) is 17.4 Å². The fourth-order valence-electron chi connectivity index (χ4n) is 4.19. The number of nitrogens with zero attached hydrogens (tertiary/aromatic N) is 4. The maximum absolute atomic E-state index is 11.6. The van der Waals surface area contributed by atoms with E-state index in [9.17, 15) is 4.79 Å². The second kappa shape index (κ2) is 7.92. The zero-order chi connectivity index (χ0) is 20.7. The molecule has 8 nitrogen and oxygen atoms in total. The lowest BCUT2D eigenvalue weighted by molar-refractivity contribution is -0.119. The van der Waals surface area contributed by atoms with E-state index in [1.807, 2.05) is 30.1 Å². The SMILES string of the molecule is C[C@@H](Oc1cc(-c2cnn(C3CCOCC3)c2)cn2ncc(Cl)c12)C1CNC(=O)C1. The van der Waals surface area contributed by atoms with Crippen molar-refractivity contribution in [1.82, 2.24) is 24.7 Å². The number of hydrogen-bond acceptors (Lipinski definition) is 5. The van der Waals surface area contributed by atoms with E-state index in [1.165, 1.54) is 0 Å². The molecule has 5 rings (SSSR count). The fourth-order valence-corrected chi connectivity index (χ4v) is 4.41. The Morgan fingerprint density at radius 3 is 2.83 bits per heavy atom. The molecule has 30 heavy (non-hydrogen) atoms. The molecule has 0 aromatic carbocycles. The Bertz CT molecular complexity index is 1070. The number of ether oxygens (including phenoxy) is 2. The van der Waals surface area contributed by atoms with Crippen molar-refractivity contribution in [3.8, 4) is 16.9 Å². The number of carbonyl (C=O) groups excluding carboxylic acids is 1. The highest BCUT2D eigenvalue weighted by Gasteiger charge is 2.29. The molecule has 3 aromatic rings. The Morgan fingerprint density at radius 2 is 2.07 bits per heavy atom. The van der Waals surface area contributed by atoms with E-state index in [-0.39, 0.29) is 17.9 Å². The molecule has 3 aromatic heterocycles. The summed E-state index contributed by atoms with van der Waals surface area (Å²) in [5.41, 5.74) is 2.66. The summed E-state index contributed by atoms with van der Waals surface area (Å²) in [5.74, 6) is 0.845. The third kappa shape index (κ3) is 3.65. The van der Waals surface area contributed by atoms with Gasteiger partial charge in [0.2, 0.25) is 5.91 Å². The third-order valence-corrected chi connectivity index (χ3v) is 6.29. The van der Waals surface area contributed by atoms with Crippen LogP contribution in [0.5, 0.6) is 5.75 Å². The van der Waals surface area contributed by atoms with Gasteiger partial charge in [-0.1, -0.05) is 11.6 Å². The van der Waals surface area contributed by atoms with Crippen LogP contribution in [0.15, 0.2) is 30.9 Å². The Morgan fingerprint density at radius 1 is 1.23 bits per heavy atom. The van der Waals surface area contributed by atoms with E-state index in [0.29, 0.717) is 29.8 Å². The Labute approximate surface area is 179 Å². The molecule has 1 amide bonds. The molecule has 5 heterocycles. The largest absolute Gasteiger partial charge is 0.488 e. The van der Waals surface area contributed by atoms with Crippen molar-refractivity contribution < 1.29 is 14.3 Å². The van der Waals surface area contributed by atoms with Crippen molar-refractivity contribution >= 4 is 23.0 Å². The summed E-state index contributed by atoms with van der Waals surface area (Å²) in [6.45, 7) is 4.15. The van der Waals surface area contributed by atoms with Crippen LogP contribution < -0.4 is 10.1 Å². The summed E-state index contributed by atoms with van der Waals surface area (Å²) < 4.78 is 15.5. The van der Waals surface area contributed by atoms with E-state index >= 15 is 0 Å². The number of aromatic nitrogens is 4. The molecule has 0 bridgehead atoms. The number of nitrogens with one attached hydrogen (secondary N) is 1. The summed E-state index contributed by atoms with van der Waals surface area (Å²) in [6.07, 6.45) is 9.75. The van der Waals surface area contributed by atoms with Gasteiger partial charge in [0, 0.05) is 55.6 Å². The lowest BCUT2D eigenvalue weighted by atomic mass is 10.0. The predicted molar refractivity (Wildman–Crippen MR) is 112 cm³/mol. The molecule has 2 aliphatic heterocycles. The van der Waals surface area contributed by atoms with E-state index in [1.54, 1.807) is 10.7 Å². The molecule has 158 valence electrons. The van der Waals surface area contributed by atoms with Gasteiger partial charge in [0.25, 0.3) is 0 Å². The van der Waals surface area contributed by atoms with Gasteiger partial charge in [-0.15, -0.1) is 0 Å². The number of pyridine rings is 1. The minimum Gasteiger partial charge on any atom is -0.488 e. The summed E-state index contributed by atoms with van der Waals surface area (Å²) in [5, 5.41) is 12.4. The van der Waals surface area contributed by atoms with Crippen molar-refractivity contribution in [2.75, 3.05) is 19.8 Å². The van der Waals surface area contributed by atoms with Gasteiger partial charge in [-0.2, -0.15) is 10.2 Å². The molecule has 0 saturated carbocycles. The van der Waals surface area contributed by atoms with Crippen molar-refractivity contribution in [2.24, 2.45) is 5.92 Å². The van der Waals surface area contributed by atoms with Crippen molar-refractivity contribution in [2.45, 2.75) is 38.3 Å². The smallest absolute Gasteiger partial charge is 0.220 e. The zero-order valence-corrected chi connectivity index (χ0v) is 17.5. The number of amides is 1. The molecule has 0 aliphatic carbocycles. The highest BCUT2D eigenvalue weighted by atomic mass is 35.5. The van der Waals surface area contributed by atoms with E-state index in [2.05, 4.69) is 21.7 Å². The molecular weight excluding hydrogens is 406 g/mol. The van der Waals surface area contributed by atoms with Crippen molar-refractivity contribution in [1.29, 1.82) is 0 Å². The molecule has 0 spiro atoms. The predicted octanol–water partition coefficient (Wildman–Crippen LogP) is 3.11. The first-order valence-electron chi connectivity index (χ1n) is 10.3. The van der Waals surface area contributed by atoms with Crippen LogP contribution in [0, 0.1) is 5.92 Å². The molecule has 2 aliphatic rings. The number of hydrogen-bond donors (Lipinski definition) is 1. The molecule has 2 fully saturated rings. The zero-order valence-electron chi connectivity index (χ0n) is 16.8. The number of rotatable bonds is 5. The average molecular weight is 430 g/mol. The minimum absolute atomic E-state index is 0.0669. The van der Waals surface area contributed by atoms with Crippen LogP contribution in [0.25, 0.3) is 16.6 Å². The third-order valence-electron chi connectivity index (χ3n) is 6.02. The van der Waals surface area contributed by atoms with Gasteiger partial charge in [-0.3, -0.25) is 9.48 Å². The minimum atomic E-state index is -0.140. The van der Waals surface area contributed by atoms with Crippen LogP contribution >= 0.6 is 11.6 Å². The second-order valence-electron chi connectivity index (χ2n) is 8.02. The lowest BCUT2D eigenvalue weighted by Gasteiger charge is -2.22. The van der Waals surface area contributed by atoms with Crippen LogP contribution in [0.3, 0.4) is 0 Å². The first-order chi connectivity index (χ1) is 14.6. The van der Waals surface area contributed by atoms with Gasteiger partial charge in [0.05, 0.1) is 23.5 Å². The lowest BCUT2D eigenvalue weighted by Crippen LogP contribution is -2.25. The Hall–Kier alpha value is -2.58. The molecule has 1 unspecified atom stereocenters. The van der Waals surface area contributed by atoms with Gasteiger partial charge < -0.3 is 14.8 Å². The first kappa shape index (κ1) is 19.4. The van der Waals surface area contributed by atoms with Gasteiger partial charge >= 0.3 is 0 Å². The fraction of sp³-hybridized carbons (Fsp3) is 0.476. The summed E-state index contributed by atoms with van der Waals surface area (Å²) in [7, 11) is 0. The monoisotopic (exact) mass is 429 g/mol.